The van der Waals surface area contributed by atoms with E-state index < -0.39 is 0 Å². The Hall–Kier alpha value is -1.35. The van der Waals surface area contributed by atoms with E-state index >= 15 is 0 Å². The molecule has 1 fully saturated rings. The highest BCUT2D eigenvalue weighted by atomic mass is 16.5. The largest absolute Gasteiger partial charge is 0.465 e. The Morgan fingerprint density at radius 1 is 1.30 bits per heavy atom. The van der Waals surface area contributed by atoms with Crippen LogP contribution in [-0.2, 0) is 16.0 Å². The molecule has 1 heterocycles. The second-order valence-corrected chi connectivity index (χ2v) is 5.62. The van der Waals surface area contributed by atoms with Gasteiger partial charge in [-0.15, -0.1) is 0 Å². The number of hydrogen-bond donors (Lipinski definition) is 0. The van der Waals surface area contributed by atoms with Crippen molar-refractivity contribution < 1.29 is 9.53 Å². The van der Waals surface area contributed by atoms with Gasteiger partial charge in [0.05, 0.1) is 13.0 Å². The van der Waals surface area contributed by atoms with Gasteiger partial charge < -0.3 is 9.64 Å². The lowest BCUT2D eigenvalue weighted by Gasteiger charge is -2.33. The lowest BCUT2D eigenvalue weighted by atomic mass is 10.0. The summed E-state index contributed by atoms with van der Waals surface area (Å²) in [6.07, 6.45) is 5.27. The first kappa shape index (κ1) is 15.0. The van der Waals surface area contributed by atoms with Crippen molar-refractivity contribution in [3.63, 3.8) is 0 Å². The van der Waals surface area contributed by atoms with Crippen molar-refractivity contribution >= 4 is 5.97 Å². The molecule has 0 radical (unpaired) electrons. The fourth-order valence-corrected chi connectivity index (χ4v) is 2.76. The lowest BCUT2D eigenvalue weighted by Crippen LogP contribution is -2.38. The Morgan fingerprint density at radius 3 is 2.85 bits per heavy atom. The van der Waals surface area contributed by atoms with Gasteiger partial charge in [0.25, 0.3) is 0 Å². The smallest absolute Gasteiger partial charge is 0.310 e. The van der Waals surface area contributed by atoms with Crippen LogP contribution in [0.4, 0.5) is 0 Å². The van der Waals surface area contributed by atoms with E-state index in [1.807, 2.05) is 30.3 Å². The number of hydrogen-bond acceptors (Lipinski definition) is 3. The number of carbonyl (C=O) groups excluding carboxylic acids is 1. The molecule has 2 rings (SSSR count). The number of nitrogens with zero attached hydrogens (tertiary/aromatic N) is 1. The Bertz CT molecular complexity index is 405. The number of likely N-dealkylation sites (tertiary alicyclic amines) is 1. The molecular weight excluding hydrogens is 250 g/mol. The number of benzene rings is 1. The zero-order valence-electron chi connectivity index (χ0n) is 12.4. The SMILES string of the molecule is CC1CCCCN1CCCOC(=O)Cc1ccccc1. The molecule has 1 saturated heterocycles. The Morgan fingerprint density at radius 2 is 2.10 bits per heavy atom. The molecule has 1 aromatic rings. The van der Waals surface area contributed by atoms with Crippen LogP contribution in [0.25, 0.3) is 0 Å². The Labute approximate surface area is 121 Å². The second-order valence-electron chi connectivity index (χ2n) is 5.62. The summed E-state index contributed by atoms with van der Waals surface area (Å²) >= 11 is 0. The summed E-state index contributed by atoms with van der Waals surface area (Å²) in [5.41, 5.74) is 1.02. The maximum absolute atomic E-state index is 11.7. The summed E-state index contributed by atoms with van der Waals surface area (Å²) in [6, 6.07) is 10.4. The fraction of sp³-hybridized carbons (Fsp3) is 0.588. The topological polar surface area (TPSA) is 29.5 Å². The van der Waals surface area contributed by atoms with Gasteiger partial charge in [0, 0.05) is 12.6 Å². The highest BCUT2D eigenvalue weighted by Gasteiger charge is 2.17. The molecule has 1 aromatic carbocycles. The number of piperidine rings is 1. The van der Waals surface area contributed by atoms with Crippen molar-refractivity contribution in [3.05, 3.63) is 35.9 Å². The number of carbonyl (C=O) groups is 1. The van der Waals surface area contributed by atoms with Crippen molar-refractivity contribution in [1.82, 2.24) is 4.90 Å². The maximum atomic E-state index is 11.7. The van der Waals surface area contributed by atoms with E-state index in [9.17, 15) is 4.79 Å². The fourth-order valence-electron chi connectivity index (χ4n) is 2.76. The van der Waals surface area contributed by atoms with Crippen LogP contribution in [0.5, 0.6) is 0 Å². The normalized spacial score (nSPS) is 19.8. The Kier molecular flexibility index (Phi) is 6.06. The maximum Gasteiger partial charge on any atom is 0.310 e. The highest BCUT2D eigenvalue weighted by Crippen LogP contribution is 2.16. The molecule has 3 heteroatoms. The van der Waals surface area contributed by atoms with Crippen molar-refractivity contribution in [2.45, 2.75) is 45.1 Å². The molecule has 0 amide bonds. The summed E-state index contributed by atoms with van der Waals surface area (Å²) < 4.78 is 5.31. The minimum atomic E-state index is -0.122. The van der Waals surface area contributed by atoms with Gasteiger partial charge in [0.15, 0.2) is 0 Å². The van der Waals surface area contributed by atoms with Crippen LogP contribution in [-0.4, -0.2) is 36.6 Å². The van der Waals surface area contributed by atoms with Crippen LogP contribution >= 0.6 is 0 Å². The first-order chi connectivity index (χ1) is 9.75. The van der Waals surface area contributed by atoms with Crippen LogP contribution in [0.3, 0.4) is 0 Å². The van der Waals surface area contributed by atoms with E-state index in [1.165, 1.54) is 25.8 Å². The van der Waals surface area contributed by atoms with Crippen LogP contribution in [0, 0.1) is 0 Å². The predicted octanol–water partition coefficient (Wildman–Crippen LogP) is 3.04. The van der Waals surface area contributed by atoms with Crippen molar-refractivity contribution in [2.75, 3.05) is 19.7 Å². The Balaban J connectivity index is 1.60. The third-order valence-electron chi connectivity index (χ3n) is 3.98. The summed E-state index contributed by atoms with van der Waals surface area (Å²) in [4.78, 5) is 14.2. The van der Waals surface area contributed by atoms with E-state index in [4.69, 9.17) is 4.74 Å². The summed E-state index contributed by atoms with van der Waals surface area (Å²) in [6.45, 7) is 5.06. The van der Waals surface area contributed by atoms with Crippen LogP contribution in [0.15, 0.2) is 30.3 Å². The van der Waals surface area contributed by atoms with Gasteiger partial charge >= 0.3 is 5.97 Å². The average molecular weight is 275 g/mol. The van der Waals surface area contributed by atoms with Gasteiger partial charge in [-0.25, -0.2) is 0 Å². The molecule has 0 aliphatic carbocycles. The predicted molar refractivity (Wildman–Crippen MR) is 80.6 cm³/mol. The van der Waals surface area contributed by atoms with E-state index in [-0.39, 0.29) is 5.97 Å². The van der Waals surface area contributed by atoms with Gasteiger partial charge in [-0.05, 0) is 38.3 Å². The first-order valence-electron chi connectivity index (χ1n) is 7.69. The number of ether oxygens (including phenoxy) is 1. The second kappa shape index (κ2) is 8.05. The lowest BCUT2D eigenvalue weighted by molar-refractivity contribution is -0.143. The van der Waals surface area contributed by atoms with Gasteiger partial charge in [0.2, 0.25) is 0 Å². The van der Waals surface area contributed by atoms with Gasteiger partial charge in [-0.3, -0.25) is 4.79 Å². The minimum absolute atomic E-state index is 0.122. The molecule has 0 saturated carbocycles. The van der Waals surface area contributed by atoms with E-state index in [2.05, 4.69) is 11.8 Å². The zero-order chi connectivity index (χ0) is 14.2. The molecule has 1 aliphatic rings. The molecular formula is C17H25NO2. The quantitative estimate of drug-likeness (QED) is 0.590. The molecule has 110 valence electrons. The summed E-state index contributed by atoms with van der Waals surface area (Å²) in [7, 11) is 0. The van der Waals surface area contributed by atoms with Gasteiger partial charge in [0.1, 0.15) is 0 Å². The van der Waals surface area contributed by atoms with Gasteiger partial charge in [-0.2, -0.15) is 0 Å². The van der Waals surface area contributed by atoms with Crippen LogP contribution in [0.1, 0.15) is 38.2 Å². The van der Waals surface area contributed by atoms with Crippen LogP contribution < -0.4 is 0 Å². The number of esters is 1. The van der Waals surface area contributed by atoms with Gasteiger partial charge in [-0.1, -0.05) is 36.8 Å². The summed E-state index contributed by atoms with van der Waals surface area (Å²) in [5.74, 6) is -0.122. The van der Waals surface area contributed by atoms with Crippen molar-refractivity contribution in [3.8, 4) is 0 Å². The molecule has 20 heavy (non-hydrogen) atoms. The molecule has 0 spiro atoms. The molecule has 0 bridgehead atoms. The number of rotatable bonds is 6. The standard InChI is InChI=1S/C17H25NO2/c1-15-8-5-6-11-18(15)12-7-13-20-17(19)14-16-9-3-2-4-10-16/h2-4,9-10,15H,5-8,11-14H2,1H3. The highest BCUT2D eigenvalue weighted by molar-refractivity contribution is 5.72. The molecule has 0 aromatic heterocycles. The summed E-state index contributed by atoms with van der Waals surface area (Å²) in [5, 5.41) is 0. The molecule has 0 N–H and O–H groups in total. The molecule has 1 aliphatic heterocycles. The molecule has 3 nitrogen and oxygen atoms in total. The first-order valence-corrected chi connectivity index (χ1v) is 7.69. The average Bonchev–Trinajstić information content (AvgIpc) is 2.46. The van der Waals surface area contributed by atoms with Crippen LogP contribution in [0.2, 0.25) is 0 Å². The third kappa shape index (κ3) is 4.97. The van der Waals surface area contributed by atoms with Crippen molar-refractivity contribution in [2.24, 2.45) is 0 Å². The van der Waals surface area contributed by atoms with E-state index in [0.717, 1.165) is 18.5 Å². The minimum Gasteiger partial charge on any atom is -0.465 e. The zero-order valence-corrected chi connectivity index (χ0v) is 12.4. The third-order valence-corrected chi connectivity index (χ3v) is 3.98. The van der Waals surface area contributed by atoms with E-state index in [0.29, 0.717) is 19.1 Å². The monoisotopic (exact) mass is 275 g/mol. The molecule has 1 atom stereocenters. The van der Waals surface area contributed by atoms with E-state index in [1.54, 1.807) is 0 Å². The van der Waals surface area contributed by atoms with Crippen molar-refractivity contribution in [1.29, 1.82) is 0 Å². The molecule has 1 unspecified atom stereocenters.